The Hall–Kier alpha value is -0.0800. The summed E-state index contributed by atoms with van der Waals surface area (Å²) < 4.78 is 0. The van der Waals surface area contributed by atoms with Gasteiger partial charge in [-0.25, -0.2) is 0 Å². The summed E-state index contributed by atoms with van der Waals surface area (Å²) in [7, 11) is 2.20. The van der Waals surface area contributed by atoms with Gasteiger partial charge in [-0.1, -0.05) is 58.3 Å². The molecule has 0 spiro atoms. The standard InChI is InChI=1S/C19H39N2/c1-3-16-21(2)17-12-15-20-18-19-13-10-8-6-4-5-7-9-11-14-19/h19-20H,1,3-18H2,2H3. The van der Waals surface area contributed by atoms with E-state index in [0.717, 1.165) is 18.9 Å². The lowest BCUT2D eigenvalue weighted by Gasteiger charge is -2.19. The largest absolute Gasteiger partial charge is 0.316 e. The van der Waals surface area contributed by atoms with Crippen molar-refractivity contribution in [1.82, 2.24) is 10.2 Å². The molecule has 2 heteroatoms. The summed E-state index contributed by atoms with van der Waals surface area (Å²) in [4.78, 5) is 2.39. The topological polar surface area (TPSA) is 15.3 Å². The van der Waals surface area contributed by atoms with E-state index in [1.54, 1.807) is 0 Å². The van der Waals surface area contributed by atoms with Gasteiger partial charge >= 0.3 is 0 Å². The van der Waals surface area contributed by atoms with Crippen molar-refractivity contribution in [3.05, 3.63) is 6.92 Å². The Bertz CT molecular complexity index is 206. The van der Waals surface area contributed by atoms with Crippen molar-refractivity contribution in [3.63, 3.8) is 0 Å². The minimum Gasteiger partial charge on any atom is -0.316 e. The fourth-order valence-corrected chi connectivity index (χ4v) is 3.44. The molecule has 1 aliphatic rings. The lowest BCUT2D eigenvalue weighted by Crippen LogP contribution is -2.28. The maximum atomic E-state index is 3.91. The minimum absolute atomic E-state index is 0.931. The Morgan fingerprint density at radius 2 is 1.48 bits per heavy atom. The molecule has 0 bridgehead atoms. The second kappa shape index (κ2) is 13.6. The van der Waals surface area contributed by atoms with Gasteiger partial charge in [0.15, 0.2) is 0 Å². The van der Waals surface area contributed by atoms with Crippen LogP contribution >= 0.6 is 0 Å². The van der Waals surface area contributed by atoms with Crippen molar-refractivity contribution in [3.8, 4) is 0 Å². The van der Waals surface area contributed by atoms with Gasteiger partial charge in [0.2, 0.25) is 0 Å². The fourth-order valence-electron chi connectivity index (χ4n) is 3.44. The highest BCUT2D eigenvalue weighted by atomic mass is 15.1. The number of hydrogen-bond acceptors (Lipinski definition) is 2. The molecule has 21 heavy (non-hydrogen) atoms. The van der Waals surface area contributed by atoms with Crippen LogP contribution in [0.2, 0.25) is 0 Å². The first kappa shape index (κ1) is 19.0. The Morgan fingerprint density at radius 3 is 2.05 bits per heavy atom. The molecule has 0 aromatic carbocycles. The molecule has 1 aliphatic carbocycles. The van der Waals surface area contributed by atoms with Gasteiger partial charge in [0, 0.05) is 0 Å². The molecule has 1 N–H and O–H groups in total. The third-order valence-corrected chi connectivity index (χ3v) is 4.84. The maximum Gasteiger partial charge on any atom is -0.000969 e. The van der Waals surface area contributed by atoms with Gasteiger partial charge in [0.05, 0.1) is 0 Å². The molecule has 0 unspecified atom stereocenters. The predicted molar refractivity (Wildman–Crippen MR) is 94.6 cm³/mol. The third kappa shape index (κ3) is 11.2. The highest BCUT2D eigenvalue weighted by Gasteiger charge is 2.09. The molecule has 1 radical (unpaired) electrons. The van der Waals surface area contributed by atoms with Crippen molar-refractivity contribution in [2.45, 2.75) is 77.0 Å². The second-order valence-electron chi connectivity index (χ2n) is 6.99. The molecule has 0 saturated heterocycles. The van der Waals surface area contributed by atoms with E-state index in [1.807, 2.05) is 0 Å². The zero-order valence-corrected chi connectivity index (χ0v) is 14.5. The van der Waals surface area contributed by atoms with Gasteiger partial charge in [-0.05, 0) is 64.8 Å². The van der Waals surface area contributed by atoms with Crippen LogP contribution in [0.5, 0.6) is 0 Å². The first-order valence-electron chi connectivity index (χ1n) is 9.51. The Balaban J connectivity index is 2.06. The first-order valence-corrected chi connectivity index (χ1v) is 9.51. The fraction of sp³-hybridized carbons (Fsp3) is 0.947. The van der Waals surface area contributed by atoms with Crippen molar-refractivity contribution in [1.29, 1.82) is 0 Å². The molecule has 1 saturated carbocycles. The number of nitrogens with one attached hydrogen (secondary N) is 1. The van der Waals surface area contributed by atoms with Gasteiger partial charge < -0.3 is 10.2 Å². The molecular weight excluding hydrogens is 256 g/mol. The maximum absolute atomic E-state index is 3.91. The highest BCUT2D eigenvalue weighted by molar-refractivity contribution is 4.65. The van der Waals surface area contributed by atoms with E-state index in [2.05, 4.69) is 24.2 Å². The van der Waals surface area contributed by atoms with Crippen LogP contribution in [-0.4, -0.2) is 38.1 Å². The average molecular weight is 296 g/mol. The molecule has 125 valence electrons. The van der Waals surface area contributed by atoms with Gasteiger partial charge in [0.25, 0.3) is 0 Å². The summed E-state index contributed by atoms with van der Waals surface area (Å²) in [6.45, 7) is 8.67. The van der Waals surface area contributed by atoms with Crippen LogP contribution in [0.1, 0.15) is 77.0 Å². The van der Waals surface area contributed by atoms with Crippen LogP contribution in [0.15, 0.2) is 0 Å². The average Bonchev–Trinajstić information content (AvgIpc) is 2.53. The Labute approximate surface area is 134 Å². The van der Waals surface area contributed by atoms with Crippen molar-refractivity contribution >= 4 is 0 Å². The van der Waals surface area contributed by atoms with Crippen LogP contribution in [0.25, 0.3) is 0 Å². The Kier molecular flexibility index (Phi) is 12.3. The molecule has 0 aromatic heterocycles. The van der Waals surface area contributed by atoms with Crippen LogP contribution in [0, 0.1) is 12.8 Å². The smallest absolute Gasteiger partial charge is 0.000969 e. The number of hydrogen-bond donors (Lipinski definition) is 1. The minimum atomic E-state index is 0.931. The first-order chi connectivity index (χ1) is 10.3. The molecule has 0 aromatic rings. The monoisotopic (exact) mass is 295 g/mol. The van der Waals surface area contributed by atoms with E-state index in [1.165, 1.54) is 90.3 Å². The lowest BCUT2D eigenvalue weighted by molar-refractivity contribution is 0.326. The predicted octanol–water partition coefficient (Wildman–Crippen LogP) is 4.65. The van der Waals surface area contributed by atoms with Crippen molar-refractivity contribution in [2.24, 2.45) is 5.92 Å². The van der Waals surface area contributed by atoms with E-state index in [4.69, 9.17) is 0 Å². The highest BCUT2D eigenvalue weighted by Crippen LogP contribution is 2.20. The molecule has 2 nitrogen and oxygen atoms in total. The van der Waals surface area contributed by atoms with Crippen LogP contribution in [0.3, 0.4) is 0 Å². The molecule has 0 heterocycles. The molecule has 1 rings (SSSR count). The van der Waals surface area contributed by atoms with Crippen LogP contribution in [0.4, 0.5) is 0 Å². The van der Waals surface area contributed by atoms with Crippen molar-refractivity contribution < 1.29 is 0 Å². The van der Waals surface area contributed by atoms with Gasteiger partial charge in [0.1, 0.15) is 0 Å². The third-order valence-electron chi connectivity index (χ3n) is 4.84. The van der Waals surface area contributed by atoms with Crippen molar-refractivity contribution in [2.75, 3.05) is 33.2 Å². The Morgan fingerprint density at radius 1 is 0.905 bits per heavy atom. The van der Waals surface area contributed by atoms with E-state index in [0.29, 0.717) is 0 Å². The lowest BCUT2D eigenvalue weighted by atomic mass is 9.95. The summed E-state index contributed by atoms with van der Waals surface area (Å²) in [6.07, 6.45) is 16.9. The van der Waals surface area contributed by atoms with Gasteiger partial charge in [-0.3, -0.25) is 0 Å². The molecule has 0 atom stereocenters. The number of nitrogens with zero attached hydrogens (tertiary/aromatic N) is 1. The summed E-state index contributed by atoms with van der Waals surface area (Å²) in [5, 5.41) is 3.71. The van der Waals surface area contributed by atoms with E-state index in [-0.39, 0.29) is 0 Å². The van der Waals surface area contributed by atoms with E-state index >= 15 is 0 Å². The molecule has 0 amide bonds. The molecule has 1 fully saturated rings. The van der Waals surface area contributed by atoms with Crippen LogP contribution in [-0.2, 0) is 0 Å². The SMILES string of the molecule is [CH2]CCN(C)CCCNCC1CCCCCCCCCC1. The molecular formula is C19H39N2. The summed E-state index contributed by atoms with van der Waals surface area (Å²) in [5.41, 5.74) is 0. The zero-order valence-electron chi connectivity index (χ0n) is 14.5. The quantitative estimate of drug-likeness (QED) is 0.656. The summed E-state index contributed by atoms with van der Waals surface area (Å²) >= 11 is 0. The summed E-state index contributed by atoms with van der Waals surface area (Å²) in [6, 6.07) is 0. The molecule has 0 aliphatic heterocycles. The van der Waals surface area contributed by atoms with E-state index in [9.17, 15) is 0 Å². The van der Waals surface area contributed by atoms with Gasteiger partial charge in [-0.15, -0.1) is 0 Å². The van der Waals surface area contributed by atoms with E-state index < -0.39 is 0 Å². The number of rotatable bonds is 8. The normalized spacial score (nSPS) is 19.6. The second-order valence-corrected chi connectivity index (χ2v) is 6.99. The van der Waals surface area contributed by atoms with Crippen LogP contribution < -0.4 is 5.32 Å². The summed E-state index contributed by atoms with van der Waals surface area (Å²) in [5.74, 6) is 0.931. The van der Waals surface area contributed by atoms with Gasteiger partial charge in [-0.2, -0.15) is 0 Å². The zero-order chi connectivity index (χ0) is 15.2.